The number of hydrogen-bond acceptors (Lipinski definition) is 16. The molecule has 2 saturated heterocycles. The zero-order valence-corrected chi connectivity index (χ0v) is 48.4. The molecule has 2 atom stereocenters. The summed E-state index contributed by atoms with van der Waals surface area (Å²) in [5.41, 5.74) is 6.80. The second-order valence-electron chi connectivity index (χ2n) is 21.8. The van der Waals surface area contributed by atoms with Crippen LogP contribution < -0.4 is 30.9 Å². The largest absolute Gasteiger partial charge is 0.379 e. The van der Waals surface area contributed by atoms with E-state index < -0.39 is 33.1 Å². The first-order valence-electron chi connectivity index (χ1n) is 26.9. The first-order valence-corrected chi connectivity index (χ1v) is 29.2. The topological polar surface area (TPSA) is 239 Å². The molecule has 426 valence electrons. The second kappa shape index (κ2) is 27.5. The second-order valence-corrected chi connectivity index (χ2v) is 24.4. The Hall–Kier alpha value is -6.56. The molecule has 0 aliphatic carbocycles. The number of aryl methyl sites for hydroxylation is 2. The molecule has 2 unspecified atom stereocenters. The zero-order chi connectivity index (χ0) is 56.7. The molecule has 7 rings (SSSR count). The van der Waals surface area contributed by atoms with E-state index in [2.05, 4.69) is 45.8 Å². The van der Waals surface area contributed by atoms with Crippen molar-refractivity contribution in [2.75, 3.05) is 87.9 Å². The Morgan fingerprint density at radius 3 is 2.09 bits per heavy atom. The van der Waals surface area contributed by atoms with Gasteiger partial charge in [0, 0.05) is 80.1 Å². The normalized spacial score (nSPS) is 15.4. The third-order valence-corrected chi connectivity index (χ3v) is 16.0. The summed E-state index contributed by atoms with van der Waals surface area (Å²) in [5, 5.41) is 12.4. The third kappa shape index (κ3) is 17.7. The molecule has 22 heteroatoms. The number of rotatable bonds is 25. The number of aromatic nitrogens is 3. The number of anilines is 5. The summed E-state index contributed by atoms with van der Waals surface area (Å²) in [5.74, 6) is 0.155. The molecule has 3 aromatic carbocycles. The first kappa shape index (κ1) is 60.1. The van der Waals surface area contributed by atoms with E-state index in [0.29, 0.717) is 89.4 Å². The van der Waals surface area contributed by atoms with Gasteiger partial charge >= 0.3 is 0 Å². The Kier molecular flexibility index (Phi) is 21.0. The van der Waals surface area contributed by atoms with E-state index in [9.17, 15) is 27.6 Å². The van der Waals surface area contributed by atoms with E-state index >= 15 is 0 Å². The van der Waals surface area contributed by atoms with Crippen LogP contribution in [0.1, 0.15) is 84.0 Å². The predicted molar refractivity (Wildman–Crippen MR) is 307 cm³/mol. The van der Waals surface area contributed by atoms with Crippen LogP contribution in [0.4, 0.5) is 28.8 Å². The average Bonchev–Trinajstić information content (AvgIpc) is 4.11. The lowest BCUT2D eigenvalue weighted by atomic mass is 9.85. The van der Waals surface area contributed by atoms with Crippen LogP contribution in [0.3, 0.4) is 0 Å². The Labute approximate surface area is 468 Å². The Bertz CT molecular complexity index is 2950. The summed E-state index contributed by atoms with van der Waals surface area (Å²) in [6.45, 7) is 19.9. The number of sulfonamides is 1. The SMILES string of the molecule is Cc1cnc(Nc2ccc(N3CCN(C(=O)CCOCCOCCOCCC(=O)NC(C(=O)N4CCCC4C(=O)NCc4ccc(-c5scnc5C)cc4)C(C)(C)C)CC3)cc2)nc1Nc1cccc(S(=O)(=O)NC(C)(C)C)c1. The lowest BCUT2D eigenvalue weighted by Crippen LogP contribution is -2.57. The molecule has 5 aromatic rings. The highest BCUT2D eigenvalue weighted by molar-refractivity contribution is 7.89. The first-order chi connectivity index (χ1) is 37.6. The Balaban J connectivity index is 0.727. The van der Waals surface area contributed by atoms with Crippen LogP contribution in [0, 0.1) is 19.3 Å². The number of amides is 4. The highest BCUT2D eigenvalue weighted by Gasteiger charge is 2.42. The zero-order valence-electron chi connectivity index (χ0n) is 46.7. The lowest BCUT2D eigenvalue weighted by Gasteiger charge is -2.36. The Morgan fingerprint density at radius 2 is 1.44 bits per heavy atom. The number of benzene rings is 3. The number of carbonyl (C=O) groups excluding carboxylic acids is 4. The minimum Gasteiger partial charge on any atom is -0.379 e. The van der Waals surface area contributed by atoms with Gasteiger partial charge in [-0.1, -0.05) is 51.1 Å². The molecular weight excluding hydrogens is 1050 g/mol. The van der Waals surface area contributed by atoms with Crippen molar-refractivity contribution in [1.29, 1.82) is 0 Å². The number of ether oxygens (including phenoxy) is 3. The number of likely N-dealkylation sites (tertiary alicyclic amines) is 1. The number of hydrogen-bond donors (Lipinski definition) is 5. The van der Waals surface area contributed by atoms with Gasteiger partial charge in [-0.05, 0) is 106 Å². The molecule has 4 heterocycles. The molecule has 0 saturated carbocycles. The molecule has 79 heavy (non-hydrogen) atoms. The molecule has 4 amide bonds. The molecule has 2 aromatic heterocycles. The van der Waals surface area contributed by atoms with E-state index in [-0.39, 0.29) is 61.2 Å². The van der Waals surface area contributed by atoms with Crippen LogP contribution >= 0.6 is 11.3 Å². The van der Waals surface area contributed by atoms with Crippen molar-refractivity contribution in [1.82, 2.24) is 40.1 Å². The van der Waals surface area contributed by atoms with Gasteiger partial charge in [0.2, 0.25) is 39.6 Å². The highest BCUT2D eigenvalue weighted by Crippen LogP contribution is 2.30. The van der Waals surface area contributed by atoms with Crippen molar-refractivity contribution in [2.45, 2.75) is 110 Å². The van der Waals surface area contributed by atoms with Gasteiger partial charge in [-0.2, -0.15) is 4.98 Å². The molecule has 0 radical (unpaired) electrons. The Morgan fingerprint density at radius 1 is 0.772 bits per heavy atom. The monoisotopic (exact) mass is 1120 g/mol. The fourth-order valence-corrected chi connectivity index (χ4v) is 11.4. The molecule has 0 spiro atoms. The van der Waals surface area contributed by atoms with Crippen LogP contribution in [-0.4, -0.2) is 147 Å². The molecule has 20 nitrogen and oxygen atoms in total. The molecular formula is C57H77N11O9S2. The number of nitrogens with one attached hydrogen (secondary N) is 5. The minimum absolute atomic E-state index is 0.0396. The van der Waals surface area contributed by atoms with Crippen LogP contribution in [-0.2, 0) is 50.0 Å². The lowest BCUT2D eigenvalue weighted by molar-refractivity contribution is -0.144. The van der Waals surface area contributed by atoms with Crippen molar-refractivity contribution >= 4 is 73.8 Å². The van der Waals surface area contributed by atoms with E-state index in [1.54, 1.807) is 67.5 Å². The summed E-state index contributed by atoms with van der Waals surface area (Å²) >= 11 is 1.59. The van der Waals surface area contributed by atoms with E-state index in [1.807, 2.05) is 93.6 Å². The fraction of sp³-hybridized carbons (Fsp3) is 0.491. The number of nitrogens with zero attached hydrogens (tertiary/aromatic N) is 6. The maximum Gasteiger partial charge on any atom is 0.246 e. The molecule has 2 aliphatic rings. The average molecular weight is 1120 g/mol. The van der Waals surface area contributed by atoms with Gasteiger partial charge in [-0.3, -0.25) is 19.2 Å². The standard InChI is InChI=1S/C57H77N11O9S2/c1-39-36-59-55(64-52(39)61-44-11-9-12-46(35-44)79(73,74)65-57(6,7)8)62-43-18-20-45(21-19-43)66-25-27-67(28-26-66)49(70)23-30-76-32-34-77-33-31-75-29-22-48(69)63-51(56(3,4)5)54(72)68-24-10-13-47(68)53(71)58-37-41-14-16-42(17-15-41)50-40(2)60-38-78-50/h9,11-12,14-21,35-36,38,47,51,65H,10,13,22-34,37H2,1-8H3,(H,58,71)(H,63,69)(H2,59,61,62,64). The van der Waals surface area contributed by atoms with Crippen molar-refractivity contribution in [2.24, 2.45) is 5.41 Å². The summed E-state index contributed by atoms with van der Waals surface area (Å²) in [6.07, 6.45) is 3.28. The maximum atomic E-state index is 14.0. The van der Waals surface area contributed by atoms with Gasteiger partial charge in [-0.15, -0.1) is 11.3 Å². The number of piperazine rings is 1. The quantitative estimate of drug-likeness (QED) is 0.0367. The maximum absolute atomic E-state index is 14.0. The number of carbonyl (C=O) groups is 4. The van der Waals surface area contributed by atoms with Gasteiger partial charge in [0.15, 0.2) is 0 Å². The van der Waals surface area contributed by atoms with Crippen molar-refractivity contribution < 1.29 is 41.8 Å². The van der Waals surface area contributed by atoms with Crippen LogP contribution in [0.15, 0.2) is 89.4 Å². The van der Waals surface area contributed by atoms with Gasteiger partial charge in [0.25, 0.3) is 0 Å². The number of thiazole rings is 1. The predicted octanol–water partition coefficient (Wildman–Crippen LogP) is 7.10. The van der Waals surface area contributed by atoms with Crippen LogP contribution in [0.5, 0.6) is 0 Å². The summed E-state index contributed by atoms with van der Waals surface area (Å²) in [6, 6.07) is 21.1. The van der Waals surface area contributed by atoms with Gasteiger partial charge in [0.05, 0.1) is 67.0 Å². The van der Waals surface area contributed by atoms with E-state index in [1.165, 1.54) is 0 Å². The van der Waals surface area contributed by atoms with Crippen molar-refractivity contribution in [3.05, 3.63) is 101 Å². The third-order valence-electron chi connectivity index (χ3n) is 13.3. The minimum atomic E-state index is -3.72. The van der Waals surface area contributed by atoms with Crippen molar-refractivity contribution in [3.63, 3.8) is 0 Å². The molecule has 2 aliphatic heterocycles. The van der Waals surface area contributed by atoms with E-state index in [0.717, 1.165) is 38.6 Å². The summed E-state index contributed by atoms with van der Waals surface area (Å²) in [4.78, 5) is 73.8. The van der Waals surface area contributed by atoms with Crippen LogP contribution in [0.25, 0.3) is 10.4 Å². The summed E-state index contributed by atoms with van der Waals surface area (Å²) < 4.78 is 45.5. The smallest absolute Gasteiger partial charge is 0.246 e. The van der Waals surface area contributed by atoms with Gasteiger partial charge in [0.1, 0.15) is 17.9 Å². The van der Waals surface area contributed by atoms with Crippen molar-refractivity contribution in [3.8, 4) is 10.4 Å². The molecule has 2 fully saturated rings. The fourth-order valence-electron chi connectivity index (χ4n) is 9.10. The van der Waals surface area contributed by atoms with Gasteiger partial charge < -0.3 is 50.2 Å². The van der Waals surface area contributed by atoms with E-state index in [4.69, 9.17) is 14.2 Å². The molecule has 5 N–H and O–H groups in total. The van der Waals surface area contributed by atoms with Gasteiger partial charge in [-0.25, -0.2) is 23.1 Å². The molecule has 0 bridgehead atoms. The summed E-state index contributed by atoms with van der Waals surface area (Å²) in [7, 11) is -3.72. The van der Waals surface area contributed by atoms with Crippen LogP contribution in [0.2, 0.25) is 0 Å². The highest BCUT2D eigenvalue weighted by atomic mass is 32.2.